The zero-order chi connectivity index (χ0) is 15.6. The number of ether oxygens (including phenoxy) is 1. The van der Waals surface area contributed by atoms with Gasteiger partial charge >= 0.3 is 0 Å². The predicted molar refractivity (Wildman–Crippen MR) is 83.3 cm³/mol. The van der Waals surface area contributed by atoms with Crippen molar-refractivity contribution in [3.63, 3.8) is 0 Å². The van der Waals surface area contributed by atoms with Crippen LogP contribution < -0.4 is 9.46 Å². The molecule has 0 radical (unpaired) electrons. The van der Waals surface area contributed by atoms with Crippen LogP contribution in [0.5, 0.6) is 5.75 Å². The summed E-state index contributed by atoms with van der Waals surface area (Å²) >= 11 is 1.50. The molecule has 0 bridgehead atoms. The van der Waals surface area contributed by atoms with E-state index in [0.717, 1.165) is 10.7 Å². The lowest BCUT2D eigenvalue weighted by Gasteiger charge is -2.13. The SMILES string of the molecule is COc1cc(C)c(S(=O)(=O)NCc2csc(C)n2)c(C)c1. The van der Waals surface area contributed by atoms with E-state index in [-0.39, 0.29) is 6.54 Å². The first-order valence-electron chi connectivity index (χ1n) is 6.39. The molecule has 0 saturated heterocycles. The summed E-state index contributed by atoms with van der Waals surface area (Å²) in [5.74, 6) is 0.652. The molecular weight excluding hydrogens is 308 g/mol. The average molecular weight is 326 g/mol. The van der Waals surface area contributed by atoms with Gasteiger partial charge in [0.15, 0.2) is 0 Å². The first-order valence-corrected chi connectivity index (χ1v) is 8.75. The van der Waals surface area contributed by atoms with Crippen molar-refractivity contribution in [2.75, 3.05) is 7.11 Å². The third-order valence-electron chi connectivity index (χ3n) is 3.05. The van der Waals surface area contributed by atoms with Gasteiger partial charge < -0.3 is 4.74 Å². The van der Waals surface area contributed by atoms with E-state index in [0.29, 0.717) is 21.8 Å². The van der Waals surface area contributed by atoms with Crippen molar-refractivity contribution in [3.8, 4) is 5.75 Å². The fourth-order valence-electron chi connectivity index (χ4n) is 2.18. The Kier molecular flexibility index (Phi) is 4.65. The number of hydrogen-bond acceptors (Lipinski definition) is 5. The van der Waals surface area contributed by atoms with Gasteiger partial charge in [-0.05, 0) is 44.0 Å². The standard InChI is InChI=1S/C14H18N2O3S2/c1-9-5-13(19-4)6-10(2)14(9)21(17,18)15-7-12-8-20-11(3)16-12/h5-6,8,15H,7H2,1-4H3. The molecule has 0 unspecified atom stereocenters. The first-order chi connectivity index (χ1) is 9.83. The van der Waals surface area contributed by atoms with Gasteiger partial charge in [-0.25, -0.2) is 18.1 Å². The molecular formula is C14H18N2O3S2. The highest BCUT2D eigenvalue weighted by atomic mass is 32.2. The predicted octanol–water partition coefficient (Wildman–Crippen LogP) is 2.56. The Balaban J connectivity index is 2.27. The van der Waals surface area contributed by atoms with Gasteiger partial charge in [0.05, 0.1) is 29.3 Å². The molecule has 0 spiro atoms. The smallest absolute Gasteiger partial charge is 0.241 e. The number of benzene rings is 1. The monoisotopic (exact) mass is 326 g/mol. The minimum atomic E-state index is -3.58. The zero-order valence-corrected chi connectivity index (χ0v) is 14.1. The van der Waals surface area contributed by atoms with Gasteiger partial charge in [0, 0.05) is 5.38 Å². The number of rotatable bonds is 5. The van der Waals surface area contributed by atoms with E-state index < -0.39 is 10.0 Å². The average Bonchev–Trinajstić information content (AvgIpc) is 2.81. The van der Waals surface area contributed by atoms with E-state index >= 15 is 0 Å². The fourth-order valence-corrected chi connectivity index (χ4v) is 4.24. The van der Waals surface area contributed by atoms with E-state index in [2.05, 4.69) is 9.71 Å². The summed E-state index contributed by atoms with van der Waals surface area (Å²) in [4.78, 5) is 4.55. The normalized spacial score (nSPS) is 11.6. The molecule has 0 saturated carbocycles. The Hall–Kier alpha value is -1.44. The van der Waals surface area contributed by atoms with Crippen molar-refractivity contribution in [3.05, 3.63) is 39.3 Å². The minimum absolute atomic E-state index is 0.192. The molecule has 0 aliphatic carbocycles. The Morgan fingerprint density at radius 1 is 1.24 bits per heavy atom. The molecule has 1 aromatic carbocycles. The van der Waals surface area contributed by atoms with Gasteiger partial charge in [-0.1, -0.05) is 0 Å². The van der Waals surface area contributed by atoms with Crippen molar-refractivity contribution in [1.82, 2.24) is 9.71 Å². The van der Waals surface area contributed by atoms with Crippen LogP contribution in [0.15, 0.2) is 22.4 Å². The molecule has 1 aromatic heterocycles. The maximum absolute atomic E-state index is 12.5. The van der Waals surface area contributed by atoms with Crippen LogP contribution in [-0.4, -0.2) is 20.5 Å². The summed E-state index contributed by atoms with van der Waals surface area (Å²) in [6, 6.07) is 3.43. The minimum Gasteiger partial charge on any atom is -0.497 e. The molecule has 1 N–H and O–H groups in total. The molecule has 21 heavy (non-hydrogen) atoms. The summed E-state index contributed by atoms with van der Waals surface area (Å²) in [6.45, 7) is 5.60. The molecule has 0 aliphatic heterocycles. The zero-order valence-electron chi connectivity index (χ0n) is 12.4. The number of aromatic nitrogens is 1. The molecule has 0 atom stereocenters. The van der Waals surface area contributed by atoms with Crippen LogP contribution in [0.1, 0.15) is 21.8 Å². The van der Waals surface area contributed by atoms with Crippen LogP contribution in [0, 0.1) is 20.8 Å². The van der Waals surface area contributed by atoms with Crippen molar-refractivity contribution < 1.29 is 13.2 Å². The van der Waals surface area contributed by atoms with Crippen LogP contribution in [-0.2, 0) is 16.6 Å². The summed E-state index contributed by atoms with van der Waals surface area (Å²) in [7, 11) is -2.02. The molecule has 2 aromatic rings. The number of thiazole rings is 1. The summed E-state index contributed by atoms with van der Waals surface area (Å²) in [5, 5.41) is 2.77. The van der Waals surface area contributed by atoms with Crippen LogP contribution >= 0.6 is 11.3 Å². The van der Waals surface area contributed by atoms with Gasteiger partial charge in [0.25, 0.3) is 0 Å². The van der Waals surface area contributed by atoms with Crippen molar-refractivity contribution >= 4 is 21.4 Å². The summed E-state index contributed by atoms with van der Waals surface area (Å²) < 4.78 is 32.7. The maximum Gasteiger partial charge on any atom is 0.241 e. The van der Waals surface area contributed by atoms with E-state index in [1.807, 2.05) is 12.3 Å². The molecule has 7 heteroatoms. The van der Waals surface area contributed by atoms with E-state index in [9.17, 15) is 8.42 Å². The summed E-state index contributed by atoms with van der Waals surface area (Å²) in [5.41, 5.74) is 2.05. The molecule has 2 rings (SSSR count). The van der Waals surface area contributed by atoms with E-state index in [4.69, 9.17) is 4.74 Å². The van der Waals surface area contributed by atoms with Crippen molar-refractivity contribution in [2.45, 2.75) is 32.2 Å². The number of aryl methyl sites for hydroxylation is 3. The molecule has 5 nitrogen and oxygen atoms in total. The lowest BCUT2D eigenvalue weighted by Crippen LogP contribution is -2.25. The fraction of sp³-hybridized carbons (Fsp3) is 0.357. The van der Waals surface area contributed by atoms with Gasteiger partial charge in [-0.3, -0.25) is 0 Å². The Morgan fingerprint density at radius 2 is 1.86 bits per heavy atom. The largest absolute Gasteiger partial charge is 0.497 e. The second kappa shape index (κ2) is 6.13. The van der Waals surface area contributed by atoms with Crippen molar-refractivity contribution in [2.24, 2.45) is 0 Å². The highest BCUT2D eigenvalue weighted by Crippen LogP contribution is 2.25. The highest BCUT2D eigenvalue weighted by Gasteiger charge is 2.20. The lowest BCUT2D eigenvalue weighted by atomic mass is 10.1. The molecule has 114 valence electrons. The van der Waals surface area contributed by atoms with Crippen LogP contribution in [0.2, 0.25) is 0 Å². The van der Waals surface area contributed by atoms with E-state index in [1.54, 1.807) is 33.1 Å². The quantitative estimate of drug-likeness (QED) is 0.917. The number of nitrogens with one attached hydrogen (secondary N) is 1. The Labute approximate surface area is 129 Å². The van der Waals surface area contributed by atoms with E-state index in [1.165, 1.54) is 11.3 Å². The second-order valence-corrected chi connectivity index (χ2v) is 7.54. The maximum atomic E-state index is 12.5. The third kappa shape index (κ3) is 3.61. The van der Waals surface area contributed by atoms with Gasteiger partial charge in [0.1, 0.15) is 5.75 Å². The highest BCUT2D eigenvalue weighted by molar-refractivity contribution is 7.89. The summed E-state index contributed by atoms with van der Waals surface area (Å²) in [6.07, 6.45) is 0. The van der Waals surface area contributed by atoms with Gasteiger partial charge in [-0.2, -0.15) is 0 Å². The molecule has 1 heterocycles. The lowest BCUT2D eigenvalue weighted by molar-refractivity contribution is 0.413. The van der Waals surface area contributed by atoms with Crippen LogP contribution in [0.25, 0.3) is 0 Å². The van der Waals surface area contributed by atoms with Crippen molar-refractivity contribution in [1.29, 1.82) is 0 Å². The Morgan fingerprint density at radius 3 is 2.33 bits per heavy atom. The van der Waals surface area contributed by atoms with Crippen LogP contribution in [0.3, 0.4) is 0 Å². The van der Waals surface area contributed by atoms with Gasteiger partial charge in [-0.15, -0.1) is 11.3 Å². The first kappa shape index (κ1) is 15.9. The van der Waals surface area contributed by atoms with Crippen LogP contribution in [0.4, 0.5) is 0 Å². The number of sulfonamides is 1. The molecule has 0 amide bonds. The molecule has 0 fully saturated rings. The van der Waals surface area contributed by atoms with Gasteiger partial charge in [0.2, 0.25) is 10.0 Å². The molecule has 0 aliphatic rings. The number of methoxy groups -OCH3 is 1. The number of hydrogen-bond donors (Lipinski definition) is 1. The Bertz CT molecular complexity index is 728. The second-order valence-electron chi connectivity index (χ2n) is 4.77. The number of nitrogens with zero attached hydrogens (tertiary/aromatic N) is 1. The third-order valence-corrected chi connectivity index (χ3v) is 5.58. The topological polar surface area (TPSA) is 68.3 Å².